The molecular weight excluding hydrogens is 244 g/mol. The molecule has 1 heterocycles. The van der Waals surface area contributed by atoms with Crippen molar-refractivity contribution >= 4 is 0 Å². The Morgan fingerprint density at radius 1 is 0.950 bits per heavy atom. The molecule has 1 aliphatic rings. The Kier molecular flexibility index (Phi) is 8.13. The van der Waals surface area contributed by atoms with Gasteiger partial charge in [-0.15, -0.1) is 0 Å². The summed E-state index contributed by atoms with van der Waals surface area (Å²) in [5.41, 5.74) is 0.384. The molecule has 120 valence electrons. The molecule has 0 bridgehead atoms. The van der Waals surface area contributed by atoms with Crippen LogP contribution < -0.4 is 5.32 Å². The van der Waals surface area contributed by atoms with Crippen LogP contribution in [0.25, 0.3) is 0 Å². The van der Waals surface area contributed by atoms with Crippen LogP contribution in [0.3, 0.4) is 0 Å². The first-order chi connectivity index (χ1) is 9.68. The zero-order valence-electron chi connectivity index (χ0n) is 14.7. The Morgan fingerprint density at radius 2 is 1.50 bits per heavy atom. The van der Waals surface area contributed by atoms with Crippen molar-refractivity contribution in [3.63, 3.8) is 0 Å². The molecular formula is C18H38N2. The Morgan fingerprint density at radius 3 is 1.90 bits per heavy atom. The summed E-state index contributed by atoms with van der Waals surface area (Å²) in [6.07, 6.45) is 9.34. The molecule has 20 heavy (non-hydrogen) atoms. The minimum atomic E-state index is 0.384. The Hall–Kier alpha value is -0.0800. The Balaban J connectivity index is 2.91. The minimum Gasteiger partial charge on any atom is -0.312 e. The van der Waals surface area contributed by atoms with Crippen molar-refractivity contribution < 1.29 is 0 Å². The lowest BCUT2D eigenvalue weighted by atomic mass is 9.77. The normalized spacial score (nSPS) is 18.9. The van der Waals surface area contributed by atoms with Crippen LogP contribution >= 0.6 is 0 Å². The second-order valence-electron chi connectivity index (χ2n) is 6.53. The van der Waals surface area contributed by atoms with E-state index < -0.39 is 0 Å². The van der Waals surface area contributed by atoms with Gasteiger partial charge in [-0.2, -0.15) is 0 Å². The van der Waals surface area contributed by atoms with Crippen molar-refractivity contribution in [3.8, 4) is 0 Å². The highest BCUT2D eigenvalue weighted by atomic mass is 15.2. The van der Waals surface area contributed by atoms with Crippen LogP contribution in [0.4, 0.5) is 0 Å². The van der Waals surface area contributed by atoms with E-state index in [2.05, 4.69) is 44.8 Å². The maximum absolute atomic E-state index is 3.86. The predicted octanol–water partition coefficient (Wildman–Crippen LogP) is 4.45. The summed E-state index contributed by atoms with van der Waals surface area (Å²) < 4.78 is 0. The van der Waals surface area contributed by atoms with E-state index in [1.165, 1.54) is 58.0 Å². The van der Waals surface area contributed by atoms with Gasteiger partial charge in [-0.3, -0.25) is 4.90 Å². The monoisotopic (exact) mass is 282 g/mol. The van der Waals surface area contributed by atoms with Crippen LogP contribution in [0.1, 0.15) is 79.6 Å². The molecule has 1 atom stereocenters. The van der Waals surface area contributed by atoms with Gasteiger partial charge < -0.3 is 5.32 Å². The summed E-state index contributed by atoms with van der Waals surface area (Å²) in [5, 5.41) is 3.86. The van der Waals surface area contributed by atoms with E-state index in [1.807, 2.05) is 0 Å². The van der Waals surface area contributed by atoms with Gasteiger partial charge in [0.05, 0.1) is 0 Å². The van der Waals surface area contributed by atoms with Crippen LogP contribution in [-0.4, -0.2) is 36.1 Å². The molecule has 1 saturated heterocycles. The van der Waals surface area contributed by atoms with Crippen LogP contribution in [0, 0.1) is 5.92 Å². The average Bonchev–Trinajstić information content (AvgIpc) is 3.01. The summed E-state index contributed by atoms with van der Waals surface area (Å²) >= 11 is 0. The second kappa shape index (κ2) is 9.04. The highest BCUT2D eigenvalue weighted by molar-refractivity contribution is 5.00. The van der Waals surface area contributed by atoms with Gasteiger partial charge in [-0.25, -0.2) is 0 Å². The largest absolute Gasteiger partial charge is 0.312 e. The zero-order valence-corrected chi connectivity index (χ0v) is 14.7. The molecule has 0 amide bonds. The standard InChI is InChI=1S/C18H38N2/c1-6-16(7-2)15-17(19-10-5)18(8-3,9-4)20-13-11-12-14-20/h16-17,19H,6-15H2,1-5H3. The highest BCUT2D eigenvalue weighted by Crippen LogP contribution is 2.35. The summed E-state index contributed by atoms with van der Waals surface area (Å²) in [7, 11) is 0. The van der Waals surface area contributed by atoms with Crippen LogP contribution in [-0.2, 0) is 0 Å². The number of hydrogen-bond acceptors (Lipinski definition) is 2. The molecule has 0 aromatic carbocycles. The zero-order chi connectivity index (χ0) is 15.0. The molecule has 0 radical (unpaired) electrons. The van der Waals surface area contributed by atoms with E-state index in [1.54, 1.807) is 0 Å². The Labute approximate surface area is 127 Å². The second-order valence-corrected chi connectivity index (χ2v) is 6.53. The van der Waals surface area contributed by atoms with Gasteiger partial charge in [0.1, 0.15) is 0 Å². The highest BCUT2D eigenvalue weighted by Gasteiger charge is 2.41. The van der Waals surface area contributed by atoms with Crippen LogP contribution in [0.2, 0.25) is 0 Å². The van der Waals surface area contributed by atoms with E-state index in [0.717, 1.165) is 12.5 Å². The molecule has 0 aromatic rings. The first-order valence-corrected chi connectivity index (χ1v) is 9.16. The molecule has 2 heteroatoms. The van der Waals surface area contributed by atoms with Crippen molar-refractivity contribution in [2.24, 2.45) is 5.92 Å². The fourth-order valence-electron chi connectivity index (χ4n) is 4.27. The number of likely N-dealkylation sites (N-methyl/N-ethyl adjacent to an activating group) is 1. The third-order valence-corrected chi connectivity index (χ3v) is 5.78. The van der Waals surface area contributed by atoms with Crippen molar-refractivity contribution in [1.29, 1.82) is 0 Å². The SMILES string of the molecule is CCNC(CC(CC)CC)C(CC)(CC)N1CCCC1. The van der Waals surface area contributed by atoms with Crippen LogP contribution in [0.5, 0.6) is 0 Å². The molecule has 0 aromatic heterocycles. The molecule has 0 saturated carbocycles. The molecule has 0 spiro atoms. The topological polar surface area (TPSA) is 15.3 Å². The van der Waals surface area contributed by atoms with Gasteiger partial charge in [0.2, 0.25) is 0 Å². The summed E-state index contributed by atoms with van der Waals surface area (Å²) in [5.74, 6) is 0.874. The number of likely N-dealkylation sites (tertiary alicyclic amines) is 1. The summed E-state index contributed by atoms with van der Waals surface area (Å²) in [4.78, 5) is 2.81. The fourth-order valence-corrected chi connectivity index (χ4v) is 4.27. The molecule has 2 nitrogen and oxygen atoms in total. The average molecular weight is 283 g/mol. The first kappa shape index (κ1) is 18.0. The maximum Gasteiger partial charge on any atom is 0.0357 e. The van der Waals surface area contributed by atoms with Crippen LogP contribution in [0.15, 0.2) is 0 Å². The fraction of sp³-hybridized carbons (Fsp3) is 1.00. The third kappa shape index (κ3) is 3.98. The Bertz CT molecular complexity index is 238. The van der Waals surface area contributed by atoms with E-state index >= 15 is 0 Å². The third-order valence-electron chi connectivity index (χ3n) is 5.78. The van der Waals surface area contributed by atoms with Crippen molar-refractivity contribution in [3.05, 3.63) is 0 Å². The van der Waals surface area contributed by atoms with Gasteiger partial charge >= 0.3 is 0 Å². The summed E-state index contributed by atoms with van der Waals surface area (Å²) in [6, 6.07) is 0.658. The van der Waals surface area contributed by atoms with E-state index in [0.29, 0.717) is 11.6 Å². The maximum atomic E-state index is 3.86. The number of nitrogens with zero attached hydrogens (tertiary/aromatic N) is 1. The first-order valence-electron chi connectivity index (χ1n) is 9.16. The smallest absolute Gasteiger partial charge is 0.0357 e. The van der Waals surface area contributed by atoms with Crippen molar-refractivity contribution in [1.82, 2.24) is 10.2 Å². The number of rotatable bonds is 10. The lowest BCUT2D eigenvalue weighted by molar-refractivity contribution is 0.0517. The van der Waals surface area contributed by atoms with Gasteiger partial charge in [0, 0.05) is 11.6 Å². The van der Waals surface area contributed by atoms with Crippen molar-refractivity contribution in [2.45, 2.75) is 91.1 Å². The molecule has 1 N–H and O–H groups in total. The number of hydrogen-bond donors (Lipinski definition) is 1. The lowest BCUT2D eigenvalue weighted by Gasteiger charge is -2.48. The molecule has 1 aliphatic heterocycles. The summed E-state index contributed by atoms with van der Waals surface area (Å²) in [6.45, 7) is 15.5. The minimum absolute atomic E-state index is 0.384. The molecule has 1 rings (SSSR count). The lowest BCUT2D eigenvalue weighted by Crippen LogP contribution is -2.60. The van der Waals surface area contributed by atoms with Gasteiger partial charge in [0.15, 0.2) is 0 Å². The quantitative estimate of drug-likeness (QED) is 0.637. The van der Waals surface area contributed by atoms with Crippen molar-refractivity contribution in [2.75, 3.05) is 19.6 Å². The molecule has 0 aliphatic carbocycles. The number of nitrogens with one attached hydrogen (secondary N) is 1. The van der Waals surface area contributed by atoms with Gasteiger partial charge in [-0.1, -0.05) is 47.5 Å². The van der Waals surface area contributed by atoms with E-state index in [-0.39, 0.29) is 0 Å². The van der Waals surface area contributed by atoms with Gasteiger partial charge in [-0.05, 0) is 57.7 Å². The molecule has 1 unspecified atom stereocenters. The van der Waals surface area contributed by atoms with Gasteiger partial charge in [0.25, 0.3) is 0 Å². The predicted molar refractivity (Wildman–Crippen MR) is 90.3 cm³/mol. The molecule has 1 fully saturated rings. The van der Waals surface area contributed by atoms with E-state index in [4.69, 9.17) is 0 Å². The van der Waals surface area contributed by atoms with E-state index in [9.17, 15) is 0 Å².